The molecule has 0 amide bonds. The Labute approximate surface area is 56.6 Å². The summed E-state index contributed by atoms with van der Waals surface area (Å²) in [5, 5.41) is 0. The maximum atomic E-state index is 2.36. The monoisotopic (exact) mass is 144 g/mol. The fourth-order valence-electron chi connectivity index (χ4n) is 0.414. The van der Waals surface area contributed by atoms with E-state index in [0.29, 0.717) is 0 Å². The van der Waals surface area contributed by atoms with E-state index in [-0.39, 0.29) is 8.96 Å². The predicted molar refractivity (Wildman–Crippen MR) is 41.7 cm³/mol. The van der Waals surface area contributed by atoms with Crippen molar-refractivity contribution in [1.29, 1.82) is 0 Å². The SMILES string of the molecule is C[Si]C[Si](C)N(C)C. The number of rotatable bonds is 3. The van der Waals surface area contributed by atoms with Gasteiger partial charge >= 0.3 is 0 Å². The minimum Gasteiger partial charge on any atom is -0.330 e. The van der Waals surface area contributed by atoms with E-state index < -0.39 is 0 Å². The van der Waals surface area contributed by atoms with Crippen LogP contribution in [0.4, 0.5) is 0 Å². The zero-order chi connectivity index (χ0) is 6.57. The van der Waals surface area contributed by atoms with Crippen molar-refractivity contribution >= 4 is 18.5 Å². The van der Waals surface area contributed by atoms with Crippen molar-refractivity contribution in [2.75, 3.05) is 14.1 Å². The molecule has 3 radical (unpaired) electrons. The van der Waals surface area contributed by atoms with E-state index in [1.165, 1.54) is 5.67 Å². The highest BCUT2D eigenvalue weighted by Gasteiger charge is 2.03. The summed E-state index contributed by atoms with van der Waals surface area (Å²) in [6.45, 7) is 4.64. The summed E-state index contributed by atoms with van der Waals surface area (Å²) >= 11 is 0. The predicted octanol–water partition coefficient (Wildman–Crippen LogP) is 0.879. The average molecular weight is 144 g/mol. The van der Waals surface area contributed by atoms with Crippen LogP contribution in [0, 0.1) is 0 Å². The molecule has 3 heteroatoms. The van der Waals surface area contributed by atoms with Gasteiger partial charge in [0.2, 0.25) is 0 Å². The molecule has 0 aliphatic rings. The van der Waals surface area contributed by atoms with Crippen LogP contribution < -0.4 is 0 Å². The molecule has 0 unspecified atom stereocenters. The quantitative estimate of drug-likeness (QED) is 0.532. The summed E-state index contributed by atoms with van der Waals surface area (Å²) in [7, 11) is 5.37. The summed E-state index contributed by atoms with van der Waals surface area (Å²) < 4.78 is 2.36. The van der Waals surface area contributed by atoms with Gasteiger partial charge in [-0.25, -0.2) is 0 Å². The average Bonchev–Trinajstić information content (AvgIpc) is 1.67. The lowest BCUT2D eigenvalue weighted by molar-refractivity contribution is 0.646. The fourth-order valence-corrected chi connectivity index (χ4v) is 3.73. The van der Waals surface area contributed by atoms with Gasteiger partial charge in [-0.2, -0.15) is 0 Å². The molecule has 0 N–H and O–H groups in total. The van der Waals surface area contributed by atoms with E-state index in [1.807, 2.05) is 0 Å². The summed E-state index contributed by atoms with van der Waals surface area (Å²) in [6.07, 6.45) is 0. The number of hydrogen-bond donors (Lipinski definition) is 0. The van der Waals surface area contributed by atoms with Gasteiger partial charge in [0.1, 0.15) is 8.96 Å². The molecular formula is C5H14NSi2. The van der Waals surface area contributed by atoms with E-state index in [1.54, 1.807) is 0 Å². The molecular weight excluding hydrogens is 130 g/mol. The van der Waals surface area contributed by atoms with Crippen LogP contribution in [-0.2, 0) is 0 Å². The van der Waals surface area contributed by atoms with E-state index in [4.69, 9.17) is 0 Å². The van der Waals surface area contributed by atoms with Crippen molar-refractivity contribution in [1.82, 2.24) is 4.57 Å². The van der Waals surface area contributed by atoms with Crippen LogP contribution in [0.1, 0.15) is 0 Å². The molecule has 0 fully saturated rings. The van der Waals surface area contributed by atoms with Crippen LogP contribution >= 0.6 is 0 Å². The molecule has 0 saturated heterocycles. The summed E-state index contributed by atoms with van der Waals surface area (Å²) in [6, 6.07) is 0. The minimum absolute atomic E-state index is 0.112. The molecule has 47 valence electrons. The van der Waals surface area contributed by atoms with Crippen LogP contribution in [0.3, 0.4) is 0 Å². The second-order valence-corrected chi connectivity index (χ2v) is 6.65. The molecule has 0 aliphatic carbocycles. The first kappa shape index (κ1) is 8.39. The maximum Gasteiger partial charge on any atom is 0.129 e. The van der Waals surface area contributed by atoms with Crippen molar-refractivity contribution in [3.05, 3.63) is 0 Å². The van der Waals surface area contributed by atoms with E-state index in [9.17, 15) is 0 Å². The van der Waals surface area contributed by atoms with Crippen LogP contribution in [-0.4, -0.2) is 37.1 Å². The zero-order valence-electron chi connectivity index (χ0n) is 6.15. The van der Waals surface area contributed by atoms with Crippen LogP contribution in [0.2, 0.25) is 18.8 Å². The Hall–Kier alpha value is 0.394. The molecule has 0 rings (SSSR count). The first-order chi connectivity index (χ1) is 3.68. The third kappa shape index (κ3) is 3.40. The molecule has 1 nitrogen and oxygen atoms in total. The zero-order valence-corrected chi connectivity index (χ0v) is 8.15. The van der Waals surface area contributed by atoms with Gasteiger partial charge in [-0.05, 0) is 14.1 Å². The Bertz CT molecular complexity index is 56.4. The van der Waals surface area contributed by atoms with Gasteiger partial charge in [-0.3, -0.25) is 0 Å². The third-order valence-corrected chi connectivity index (χ3v) is 6.18. The summed E-state index contributed by atoms with van der Waals surface area (Å²) in [5.74, 6) is 0. The van der Waals surface area contributed by atoms with Crippen LogP contribution in [0.5, 0.6) is 0 Å². The number of nitrogens with zero attached hydrogens (tertiary/aromatic N) is 1. The second kappa shape index (κ2) is 4.29. The van der Waals surface area contributed by atoms with Crippen LogP contribution in [0.15, 0.2) is 0 Å². The van der Waals surface area contributed by atoms with Crippen molar-refractivity contribution < 1.29 is 0 Å². The van der Waals surface area contributed by atoms with E-state index in [2.05, 4.69) is 31.8 Å². The molecule has 0 heterocycles. The Morgan fingerprint density at radius 2 is 2.00 bits per heavy atom. The molecule has 0 aliphatic heterocycles. The van der Waals surface area contributed by atoms with Gasteiger partial charge in [0, 0.05) is 9.52 Å². The number of hydrogen-bond acceptors (Lipinski definition) is 1. The van der Waals surface area contributed by atoms with Crippen molar-refractivity contribution in [2.24, 2.45) is 0 Å². The highest BCUT2D eigenvalue weighted by atomic mass is 28.3. The van der Waals surface area contributed by atoms with Gasteiger partial charge in [0.15, 0.2) is 0 Å². The molecule has 0 aromatic rings. The molecule has 0 bridgehead atoms. The Balaban J connectivity index is 3.17. The molecule has 0 aromatic heterocycles. The Morgan fingerprint density at radius 3 is 2.12 bits per heavy atom. The summed E-state index contributed by atoms with van der Waals surface area (Å²) in [4.78, 5) is 0. The molecule has 8 heavy (non-hydrogen) atoms. The minimum atomic E-state index is -0.112. The van der Waals surface area contributed by atoms with E-state index >= 15 is 0 Å². The third-order valence-electron chi connectivity index (χ3n) is 1.20. The van der Waals surface area contributed by atoms with Gasteiger partial charge in [0.25, 0.3) is 0 Å². The van der Waals surface area contributed by atoms with Gasteiger partial charge in [-0.15, -0.1) is 0 Å². The molecule has 0 saturated carbocycles. The second-order valence-electron chi connectivity index (χ2n) is 2.16. The summed E-state index contributed by atoms with van der Waals surface area (Å²) in [5.41, 5.74) is 1.44. The van der Waals surface area contributed by atoms with E-state index in [0.717, 1.165) is 9.52 Å². The first-order valence-electron chi connectivity index (χ1n) is 2.83. The topological polar surface area (TPSA) is 3.24 Å². The van der Waals surface area contributed by atoms with Crippen molar-refractivity contribution in [3.8, 4) is 0 Å². The normalized spacial score (nSPS) is 11.2. The molecule has 0 spiro atoms. The highest BCUT2D eigenvalue weighted by Crippen LogP contribution is 1.91. The molecule has 0 aromatic carbocycles. The largest absolute Gasteiger partial charge is 0.330 e. The van der Waals surface area contributed by atoms with Gasteiger partial charge in [-0.1, -0.05) is 18.8 Å². The lowest BCUT2D eigenvalue weighted by Crippen LogP contribution is -2.30. The molecule has 0 atom stereocenters. The fraction of sp³-hybridized carbons (Fsp3) is 1.00. The smallest absolute Gasteiger partial charge is 0.129 e. The highest BCUT2D eigenvalue weighted by molar-refractivity contribution is 6.66. The van der Waals surface area contributed by atoms with Crippen molar-refractivity contribution in [3.63, 3.8) is 0 Å². The van der Waals surface area contributed by atoms with Gasteiger partial charge < -0.3 is 4.57 Å². The van der Waals surface area contributed by atoms with Crippen LogP contribution in [0.25, 0.3) is 0 Å². The standard InChI is InChI=1S/C5H14NSi2/c1-6(2)8(4)5-7-3/h5H2,1-4H3. The lowest BCUT2D eigenvalue weighted by Gasteiger charge is -2.15. The lowest BCUT2D eigenvalue weighted by atomic mass is 11.3. The van der Waals surface area contributed by atoms with Crippen molar-refractivity contribution in [2.45, 2.75) is 18.8 Å². The Kier molecular flexibility index (Phi) is 4.50. The maximum absolute atomic E-state index is 2.36. The first-order valence-corrected chi connectivity index (χ1v) is 6.69. The Morgan fingerprint density at radius 1 is 1.50 bits per heavy atom. The van der Waals surface area contributed by atoms with Gasteiger partial charge in [0.05, 0.1) is 0 Å².